The van der Waals surface area contributed by atoms with Gasteiger partial charge in [-0.2, -0.15) is 0 Å². The number of piperidine rings is 1. The Balaban J connectivity index is 1.96. The number of nitrogens with one attached hydrogen (secondary N) is 1. The summed E-state index contributed by atoms with van der Waals surface area (Å²) in [5, 5.41) is 3.41. The highest BCUT2D eigenvalue weighted by molar-refractivity contribution is 5.99. The molecule has 1 heterocycles. The van der Waals surface area contributed by atoms with Crippen molar-refractivity contribution in [2.75, 3.05) is 0 Å². The Hall–Kier alpha value is -0.810. The van der Waals surface area contributed by atoms with E-state index in [4.69, 9.17) is 6.42 Å². The summed E-state index contributed by atoms with van der Waals surface area (Å²) in [4.78, 5) is 11.3. The minimum absolute atomic E-state index is 0.0562. The molecule has 2 aliphatic rings. The topological polar surface area (TPSA) is 29.1 Å². The Labute approximate surface area is 85.5 Å². The molecule has 0 aromatic heterocycles. The number of terminal acetylenes is 1. The predicted octanol–water partition coefficient (Wildman–Crippen LogP) is 1.50. The Morgan fingerprint density at radius 2 is 2.00 bits per heavy atom. The second kappa shape index (κ2) is 4.14. The molecule has 2 heteroatoms. The number of ketones is 1. The van der Waals surface area contributed by atoms with Crippen LogP contribution in [0.2, 0.25) is 0 Å². The fourth-order valence-corrected chi connectivity index (χ4v) is 2.80. The van der Waals surface area contributed by atoms with Crippen LogP contribution in [0.3, 0.4) is 0 Å². The van der Waals surface area contributed by atoms with Crippen LogP contribution in [0.5, 0.6) is 0 Å². The standard InChI is InChI=1S/C12H17NO/c1-2-12(14)11-8-7-9-5-3-4-6-10(9)13-11/h1,9-11,13H,3-8H2. The van der Waals surface area contributed by atoms with Crippen LogP contribution in [0.25, 0.3) is 0 Å². The van der Waals surface area contributed by atoms with Crippen molar-refractivity contribution < 1.29 is 4.79 Å². The number of carbonyl (C=O) groups excluding carboxylic acids is 1. The van der Waals surface area contributed by atoms with E-state index in [2.05, 4.69) is 11.2 Å². The second-order valence-electron chi connectivity index (χ2n) is 4.46. The smallest absolute Gasteiger partial charge is 0.222 e. The summed E-state index contributed by atoms with van der Waals surface area (Å²) in [7, 11) is 0. The first-order valence-electron chi connectivity index (χ1n) is 5.58. The van der Waals surface area contributed by atoms with Crippen molar-refractivity contribution in [2.24, 2.45) is 5.92 Å². The normalized spacial score (nSPS) is 36.9. The van der Waals surface area contributed by atoms with E-state index in [0.29, 0.717) is 6.04 Å². The van der Waals surface area contributed by atoms with Gasteiger partial charge in [-0.3, -0.25) is 4.79 Å². The fourth-order valence-electron chi connectivity index (χ4n) is 2.80. The zero-order chi connectivity index (χ0) is 9.97. The third-order valence-electron chi connectivity index (χ3n) is 3.61. The van der Waals surface area contributed by atoms with E-state index in [1.54, 1.807) is 0 Å². The van der Waals surface area contributed by atoms with E-state index >= 15 is 0 Å². The Morgan fingerprint density at radius 3 is 2.79 bits per heavy atom. The van der Waals surface area contributed by atoms with Crippen LogP contribution < -0.4 is 5.32 Å². The molecule has 1 saturated heterocycles. The van der Waals surface area contributed by atoms with E-state index in [-0.39, 0.29) is 11.8 Å². The highest BCUT2D eigenvalue weighted by Crippen LogP contribution is 2.32. The van der Waals surface area contributed by atoms with Crippen LogP contribution in [0, 0.1) is 18.3 Å². The van der Waals surface area contributed by atoms with Crippen molar-refractivity contribution >= 4 is 5.78 Å². The maximum atomic E-state index is 11.3. The lowest BCUT2D eigenvalue weighted by molar-refractivity contribution is -0.116. The summed E-state index contributed by atoms with van der Waals surface area (Å²) in [5.74, 6) is 2.96. The second-order valence-corrected chi connectivity index (χ2v) is 4.46. The van der Waals surface area contributed by atoms with Crippen molar-refractivity contribution in [1.82, 2.24) is 5.32 Å². The van der Waals surface area contributed by atoms with E-state index in [0.717, 1.165) is 12.3 Å². The molecule has 2 rings (SSSR count). The van der Waals surface area contributed by atoms with Gasteiger partial charge in [-0.25, -0.2) is 0 Å². The number of hydrogen-bond donors (Lipinski definition) is 1. The molecule has 76 valence electrons. The van der Waals surface area contributed by atoms with Crippen LogP contribution in [0.1, 0.15) is 38.5 Å². The van der Waals surface area contributed by atoms with Gasteiger partial charge in [0.25, 0.3) is 0 Å². The molecule has 3 atom stereocenters. The summed E-state index contributed by atoms with van der Waals surface area (Å²) < 4.78 is 0. The summed E-state index contributed by atoms with van der Waals surface area (Å²) >= 11 is 0. The fraction of sp³-hybridized carbons (Fsp3) is 0.750. The Kier molecular flexibility index (Phi) is 2.88. The zero-order valence-electron chi connectivity index (χ0n) is 8.46. The lowest BCUT2D eigenvalue weighted by Crippen LogP contribution is -2.51. The predicted molar refractivity (Wildman–Crippen MR) is 55.7 cm³/mol. The summed E-state index contributed by atoms with van der Waals surface area (Å²) in [6.45, 7) is 0. The number of Topliss-reactive ketones (excluding diaryl/α,β-unsaturated/α-hetero) is 1. The van der Waals surface area contributed by atoms with E-state index in [1.807, 2.05) is 0 Å². The van der Waals surface area contributed by atoms with Gasteiger partial charge in [-0.15, -0.1) is 6.42 Å². The molecule has 1 aliphatic heterocycles. The first-order valence-corrected chi connectivity index (χ1v) is 5.58. The van der Waals surface area contributed by atoms with Crippen molar-refractivity contribution in [3.63, 3.8) is 0 Å². The van der Waals surface area contributed by atoms with Gasteiger partial charge in [0.05, 0.1) is 6.04 Å². The Bertz CT molecular complexity index is 266. The van der Waals surface area contributed by atoms with Gasteiger partial charge in [0.2, 0.25) is 5.78 Å². The lowest BCUT2D eigenvalue weighted by atomic mass is 9.77. The van der Waals surface area contributed by atoms with Crippen LogP contribution in [0.4, 0.5) is 0 Å². The molecule has 1 saturated carbocycles. The average molecular weight is 191 g/mol. The molecule has 2 fully saturated rings. The van der Waals surface area contributed by atoms with Gasteiger partial charge in [-0.05, 0) is 37.5 Å². The third kappa shape index (κ3) is 1.83. The molecule has 1 N–H and O–H groups in total. The molecular formula is C12H17NO. The van der Waals surface area contributed by atoms with Gasteiger partial charge in [0, 0.05) is 6.04 Å². The van der Waals surface area contributed by atoms with Gasteiger partial charge in [0.1, 0.15) is 0 Å². The first-order chi connectivity index (χ1) is 6.81. The van der Waals surface area contributed by atoms with Crippen LogP contribution in [-0.4, -0.2) is 17.9 Å². The minimum Gasteiger partial charge on any atom is -0.304 e. The molecule has 3 unspecified atom stereocenters. The molecule has 0 radical (unpaired) electrons. The lowest BCUT2D eigenvalue weighted by Gasteiger charge is -2.39. The monoisotopic (exact) mass is 191 g/mol. The molecule has 14 heavy (non-hydrogen) atoms. The van der Waals surface area contributed by atoms with E-state index in [1.165, 1.54) is 32.1 Å². The minimum atomic E-state index is -0.0611. The van der Waals surface area contributed by atoms with Crippen LogP contribution in [-0.2, 0) is 4.79 Å². The van der Waals surface area contributed by atoms with Gasteiger partial charge in [0.15, 0.2) is 0 Å². The van der Waals surface area contributed by atoms with E-state index in [9.17, 15) is 4.79 Å². The number of fused-ring (bicyclic) bond motifs is 1. The van der Waals surface area contributed by atoms with Crippen molar-refractivity contribution in [3.8, 4) is 12.3 Å². The zero-order valence-corrected chi connectivity index (χ0v) is 8.46. The molecule has 0 bridgehead atoms. The van der Waals surface area contributed by atoms with Crippen molar-refractivity contribution in [1.29, 1.82) is 0 Å². The average Bonchev–Trinajstić information content (AvgIpc) is 2.27. The summed E-state index contributed by atoms with van der Waals surface area (Å²) in [6.07, 6.45) is 12.4. The molecule has 1 aliphatic carbocycles. The van der Waals surface area contributed by atoms with E-state index < -0.39 is 0 Å². The maximum Gasteiger partial charge on any atom is 0.222 e. The highest BCUT2D eigenvalue weighted by atomic mass is 16.1. The van der Waals surface area contributed by atoms with Gasteiger partial charge in [-0.1, -0.05) is 12.8 Å². The molecule has 0 spiro atoms. The number of hydrogen-bond acceptors (Lipinski definition) is 2. The van der Waals surface area contributed by atoms with Gasteiger partial charge < -0.3 is 5.32 Å². The molecule has 0 amide bonds. The van der Waals surface area contributed by atoms with Gasteiger partial charge >= 0.3 is 0 Å². The van der Waals surface area contributed by atoms with Crippen molar-refractivity contribution in [3.05, 3.63) is 0 Å². The van der Waals surface area contributed by atoms with Crippen LogP contribution in [0.15, 0.2) is 0 Å². The SMILES string of the molecule is C#CC(=O)C1CCC2CCCCC2N1. The Morgan fingerprint density at radius 1 is 1.21 bits per heavy atom. The molecule has 2 nitrogen and oxygen atoms in total. The summed E-state index contributed by atoms with van der Waals surface area (Å²) in [6, 6.07) is 0.499. The largest absolute Gasteiger partial charge is 0.304 e. The highest BCUT2D eigenvalue weighted by Gasteiger charge is 2.33. The first kappa shape index (κ1) is 9.73. The molecule has 0 aromatic rings. The number of carbonyl (C=O) groups is 1. The maximum absolute atomic E-state index is 11.3. The third-order valence-corrected chi connectivity index (χ3v) is 3.61. The quantitative estimate of drug-likeness (QED) is 0.502. The number of rotatable bonds is 1. The van der Waals surface area contributed by atoms with Crippen LogP contribution >= 0.6 is 0 Å². The molecular weight excluding hydrogens is 174 g/mol. The molecule has 0 aromatic carbocycles. The summed E-state index contributed by atoms with van der Waals surface area (Å²) in [5.41, 5.74) is 0. The van der Waals surface area contributed by atoms with Crippen molar-refractivity contribution in [2.45, 2.75) is 50.6 Å².